The van der Waals surface area contributed by atoms with Crippen molar-refractivity contribution in [3.8, 4) is 0 Å². The fraction of sp³-hybridized carbons (Fsp3) is 0.857. The second-order valence-corrected chi connectivity index (χ2v) is 5.39. The van der Waals surface area contributed by atoms with E-state index in [4.69, 9.17) is 0 Å². The molecular weight excluding hydrogens is 182 g/mol. The first-order valence-corrected chi connectivity index (χ1v) is 6.54. The molecule has 0 aromatic rings. The van der Waals surface area contributed by atoms with Crippen LogP contribution < -0.4 is 5.32 Å². The van der Waals surface area contributed by atoms with E-state index in [1.807, 2.05) is 6.08 Å². The topological polar surface area (TPSA) is 12.0 Å². The first-order valence-electron chi connectivity index (χ1n) is 6.54. The highest BCUT2D eigenvalue weighted by molar-refractivity contribution is 4.89. The van der Waals surface area contributed by atoms with Crippen molar-refractivity contribution in [3.63, 3.8) is 0 Å². The monoisotopic (exact) mass is 209 g/mol. The molecule has 0 aromatic carbocycles. The highest BCUT2D eigenvalue weighted by atomic mass is 14.9. The fourth-order valence-corrected chi connectivity index (χ4v) is 2.74. The lowest BCUT2D eigenvalue weighted by Crippen LogP contribution is -2.28. The summed E-state index contributed by atoms with van der Waals surface area (Å²) in [6, 6.07) is 0.790. The van der Waals surface area contributed by atoms with E-state index in [2.05, 4.69) is 25.7 Å². The third-order valence-electron chi connectivity index (χ3n) is 3.71. The number of rotatable bonds is 7. The molecule has 0 heterocycles. The van der Waals surface area contributed by atoms with Crippen LogP contribution in [0.2, 0.25) is 0 Å². The van der Waals surface area contributed by atoms with Crippen LogP contribution in [0.15, 0.2) is 12.7 Å². The van der Waals surface area contributed by atoms with E-state index in [9.17, 15) is 0 Å². The van der Waals surface area contributed by atoms with Crippen molar-refractivity contribution in [1.29, 1.82) is 0 Å². The van der Waals surface area contributed by atoms with Gasteiger partial charge in [0, 0.05) is 6.04 Å². The second-order valence-electron chi connectivity index (χ2n) is 5.39. The van der Waals surface area contributed by atoms with Crippen LogP contribution >= 0.6 is 0 Å². The third kappa shape index (κ3) is 4.38. The molecule has 1 rings (SSSR count). The van der Waals surface area contributed by atoms with Gasteiger partial charge in [0.25, 0.3) is 0 Å². The maximum Gasteiger partial charge on any atom is 0.00724 e. The summed E-state index contributed by atoms with van der Waals surface area (Å²) in [4.78, 5) is 0. The molecule has 1 saturated carbocycles. The van der Waals surface area contributed by atoms with Gasteiger partial charge in [-0.05, 0) is 56.9 Å². The van der Waals surface area contributed by atoms with Crippen LogP contribution in [0.25, 0.3) is 0 Å². The van der Waals surface area contributed by atoms with E-state index in [-0.39, 0.29) is 0 Å². The van der Waals surface area contributed by atoms with Gasteiger partial charge in [0.05, 0.1) is 0 Å². The van der Waals surface area contributed by atoms with Crippen molar-refractivity contribution >= 4 is 0 Å². The van der Waals surface area contributed by atoms with Crippen molar-refractivity contribution in [3.05, 3.63) is 12.7 Å². The Bertz CT molecular complexity index is 188. The zero-order valence-corrected chi connectivity index (χ0v) is 10.5. The summed E-state index contributed by atoms with van der Waals surface area (Å²) in [5, 5.41) is 3.66. The van der Waals surface area contributed by atoms with E-state index in [1.54, 1.807) is 0 Å². The summed E-state index contributed by atoms with van der Waals surface area (Å²) in [6.45, 7) is 9.68. The van der Waals surface area contributed by atoms with Gasteiger partial charge in [-0.1, -0.05) is 19.9 Å². The summed E-state index contributed by atoms with van der Waals surface area (Å²) < 4.78 is 0. The number of allylic oxidation sites excluding steroid dienone is 1. The quantitative estimate of drug-likeness (QED) is 0.495. The average Bonchev–Trinajstić information content (AvgIpc) is 2.58. The zero-order valence-electron chi connectivity index (χ0n) is 10.5. The highest BCUT2D eigenvalue weighted by Gasteiger charge is 2.33. The second kappa shape index (κ2) is 6.32. The molecule has 0 aliphatic heterocycles. The largest absolute Gasteiger partial charge is 0.314 e. The molecule has 15 heavy (non-hydrogen) atoms. The summed E-state index contributed by atoms with van der Waals surface area (Å²) in [6.07, 6.45) is 11.3. The van der Waals surface area contributed by atoms with Gasteiger partial charge >= 0.3 is 0 Å². The smallest absolute Gasteiger partial charge is 0.00724 e. The van der Waals surface area contributed by atoms with Crippen LogP contribution in [0.5, 0.6) is 0 Å². The number of unbranched alkanes of at least 4 members (excludes halogenated alkanes) is 1. The Kier molecular flexibility index (Phi) is 5.38. The Labute approximate surface area is 95.3 Å². The van der Waals surface area contributed by atoms with Crippen molar-refractivity contribution in [2.75, 3.05) is 6.54 Å². The molecule has 88 valence electrons. The molecule has 0 saturated heterocycles. The van der Waals surface area contributed by atoms with Crippen molar-refractivity contribution in [2.45, 2.75) is 64.8 Å². The van der Waals surface area contributed by atoms with Gasteiger partial charge in [0.1, 0.15) is 0 Å². The van der Waals surface area contributed by atoms with Crippen LogP contribution in [0.4, 0.5) is 0 Å². The lowest BCUT2D eigenvalue weighted by Gasteiger charge is -2.24. The molecule has 1 aliphatic carbocycles. The van der Waals surface area contributed by atoms with Gasteiger partial charge in [-0.25, -0.2) is 0 Å². The van der Waals surface area contributed by atoms with Crippen LogP contribution in [0.3, 0.4) is 0 Å². The lowest BCUT2D eigenvalue weighted by molar-refractivity contribution is 0.291. The van der Waals surface area contributed by atoms with E-state index in [1.165, 1.54) is 51.5 Å². The maximum atomic E-state index is 3.79. The minimum absolute atomic E-state index is 0.606. The number of hydrogen-bond acceptors (Lipinski definition) is 1. The zero-order chi connectivity index (χ0) is 11.1. The van der Waals surface area contributed by atoms with Crippen molar-refractivity contribution in [1.82, 2.24) is 5.32 Å². The Morgan fingerprint density at radius 3 is 3.00 bits per heavy atom. The van der Waals surface area contributed by atoms with Gasteiger partial charge in [0.2, 0.25) is 0 Å². The molecular formula is C14H27N. The minimum atomic E-state index is 0.606. The molecule has 1 fully saturated rings. The molecule has 2 atom stereocenters. The van der Waals surface area contributed by atoms with E-state index in [0.29, 0.717) is 5.41 Å². The molecule has 1 heteroatoms. The fourth-order valence-electron chi connectivity index (χ4n) is 2.74. The standard InChI is InChI=1S/C14H27N/c1-4-6-7-9-14(3)10-8-13(12-14)15-11-5-2/h4,13,15H,1,5-12H2,2-3H3. The van der Waals surface area contributed by atoms with E-state index in [0.717, 1.165) is 6.04 Å². The Balaban J connectivity index is 2.22. The Morgan fingerprint density at radius 2 is 2.33 bits per heavy atom. The Hall–Kier alpha value is -0.300. The van der Waals surface area contributed by atoms with Gasteiger partial charge in [-0.15, -0.1) is 6.58 Å². The van der Waals surface area contributed by atoms with Crippen molar-refractivity contribution < 1.29 is 0 Å². The van der Waals surface area contributed by atoms with Crippen LogP contribution in [-0.2, 0) is 0 Å². The predicted octanol–water partition coefficient (Wildman–Crippen LogP) is 3.90. The maximum absolute atomic E-state index is 3.79. The van der Waals surface area contributed by atoms with Gasteiger partial charge in [-0.2, -0.15) is 0 Å². The van der Waals surface area contributed by atoms with Crippen molar-refractivity contribution in [2.24, 2.45) is 5.41 Å². The predicted molar refractivity (Wildman–Crippen MR) is 68.1 cm³/mol. The van der Waals surface area contributed by atoms with Crippen LogP contribution in [-0.4, -0.2) is 12.6 Å². The first kappa shape index (κ1) is 12.8. The Morgan fingerprint density at radius 1 is 1.53 bits per heavy atom. The highest BCUT2D eigenvalue weighted by Crippen LogP contribution is 2.41. The molecule has 1 N–H and O–H groups in total. The molecule has 0 amide bonds. The molecule has 2 unspecified atom stereocenters. The van der Waals surface area contributed by atoms with Gasteiger partial charge in [-0.3, -0.25) is 0 Å². The molecule has 0 spiro atoms. The molecule has 1 aliphatic rings. The van der Waals surface area contributed by atoms with E-state index >= 15 is 0 Å². The normalized spacial score (nSPS) is 30.7. The van der Waals surface area contributed by atoms with Gasteiger partial charge in [0.15, 0.2) is 0 Å². The van der Waals surface area contributed by atoms with Crippen LogP contribution in [0, 0.1) is 5.41 Å². The number of nitrogens with one attached hydrogen (secondary N) is 1. The number of hydrogen-bond donors (Lipinski definition) is 1. The van der Waals surface area contributed by atoms with E-state index < -0.39 is 0 Å². The van der Waals surface area contributed by atoms with Crippen LogP contribution in [0.1, 0.15) is 58.8 Å². The SMILES string of the molecule is C=CCCCC1(C)CCC(NCCC)C1. The molecule has 1 nitrogen and oxygen atoms in total. The summed E-state index contributed by atoms with van der Waals surface area (Å²) in [5.74, 6) is 0. The minimum Gasteiger partial charge on any atom is -0.314 e. The molecule has 0 radical (unpaired) electrons. The lowest BCUT2D eigenvalue weighted by atomic mass is 9.83. The summed E-state index contributed by atoms with van der Waals surface area (Å²) >= 11 is 0. The summed E-state index contributed by atoms with van der Waals surface area (Å²) in [5.41, 5.74) is 0.606. The first-order chi connectivity index (χ1) is 7.20. The third-order valence-corrected chi connectivity index (χ3v) is 3.71. The molecule has 0 bridgehead atoms. The molecule has 0 aromatic heterocycles. The van der Waals surface area contributed by atoms with Gasteiger partial charge < -0.3 is 5.32 Å². The summed E-state index contributed by atoms with van der Waals surface area (Å²) in [7, 11) is 0. The average molecular weight is 209 g/mol.